The zero-order valence-corrected chi connectivity index (χ0v) is 16.5. The van der Waals surface area contributed by atoms with Gasteiger partial charge in [0, 0.05) is 19.0 Å². The standard InChI is InChI=1S/C26H25NO2/c28-26(27-16-14-20(15-17-27)19-8-2-1-3-9-19)29-18-25-23-12-6-4-10-21(23)22-11-5-7-13-24(22)25/h1-13,20,25H,14-18H2. The van der Waals surface area contributed by atoms with Crippen LogP contribution in [0.4, 0.5) is 4.79 Å². The largest absolute Gasteiger partial charge is 0.448 e. The molecule has 0 saturated carbocycles. The zero-order valence-electron chi connectivity index (χ0n) is 16.5. The molecule has 2 aliphatic rings. The molecule has 1 aliphatic carbocycles. The zero-order chi connectivity index (χ0) is 19.6. The van der Waals surface area contributed by atoms with Gasteiger partial charge in [-0.15, -0.1) is 0 Å². The monoisotopic (exact) mass is 383 g/mol. The number of amides is 1. The van der Waals surface area contributed by atoms with Crippen molar-refractivity contribution >= 4 is 6.09 Å². The number of carbonyl (C=O) groups is 1. The van der Waals surface area contributed by atoms with Gasteiger partial charge in [-0.25, -0.2) is 4.79 Å². The second-order valence-electron chi connectivity index (χ2n) is 7.98. The number of rotatable bonds is 3. The van der Waals surface area contributed by atoms with Gasteiger partial charge in [-0.3, -0.25) is 0 Å². The Bertz CT molecular complexity index is 960. The Morgan fingerprint density at radius 3 is 1.97 bits per heavy atom. The van der Waals surface area contributed by atoms with Crippen molar-refractivity contribution in [2.45, 2.75) is 24.7 Å². The van der Waals surface area contributed by atoms with E-state index in [0.717, 1.165) is 25.9 Å². The van der Waals surface area contributed by atoms with Gasteiger partial charge in [0.15, 0.2) is 0 Å². The van der Waals surface area contributed by atoms with Crippen LogP contribution in [0.2, 0.25) is 0 Å². The molecule has 0 unspecified atom stereocenters. The molecule has 1 fully saturated rings. The molecule has 3 aromatic rings. The maximum Gasteiger partial charge on any atom is 0.409 e. The van der Waals surface area contributed by atoms with Crippen LogP contribution in [0.1, 0.15) is 41.4 Å². The first-order valence-electron chi connectivity index (χ1n) is 10.5. The minimum atomic E-state index is -0.182. The van der Waals surface area contributed by atoms with E-state index in [1.165, 1.54) is 27.8 Å². The van der Waals surface area contributed by atoms with E-state index in [1.54, 1.807) is 0 Å². The Labute approximate surface area is 171 Å². The van der Waals surface area contributed by atoms with Crippen LogP contribution in [-0.2, 0) is 4.74 Å². The van der Waals surface area contributed by atoms with E-state index in [9.17, 15) is 4.79 Å². The summed E-state index contributed by atoms with van der Waals surface area (Å²) in [6, 6.07) is 27.5. The highest BCUT2D eigenvalue weighted by atomic mass is 16.6. The van der Waals surface area contributed by atoms with Crippen molar-refractivity contribution in [1.29, 1.82) is 0 Å². The third-order valence-electron chi connectivity index (χ3n) is 6.36. The maximum absolute atomic E-state index is 12.7. The number of carbonyl (C=O) groups excluding carboxylic acids is 1. The molecular weight excluding hydrogens is 358 g/mol. The van der Waals surface area contributed by atoms with E-state index in [0.29, 0.717) is 12.5 Å². The van der Waals surface area contributed by atoms with Crippen molar-refractivity contribution in [3.05, 3.63) is 95.6 Å². The van der Waals surface area contributed by atoms with E-state index in [4.69, 9.17) is 4.74 Å². The van der Waals surface area contributed by atoms with Gasteiger partial charge in [0.1, 0.15) is 6.61 Å². The summed E-state index contributed by atoms with van der Waals surface area (Å²) in [7, 11) is 0. The summed E-state index contributed by atoms with van der Waals surface area (Å²) in [4.78, 5) is 14.6. The number of benzene rings is 3. The van der Waals surface area contributed by atoms with Gasteiger partial charge in [0.2, 0.25) is 0 Å². The highest BCUT2D eigenvalue weighted by molar-refractivity contribution is 5.79. The normalized spacial score (nSPS) is 16.3. The van der Waals surface area contributed by atoms with E-state index < -0.39 is 0 Å². The third-order valence-corrected chi connectivity index (χ3v) is 6.36. The lowest BCUT2D eigenvalue weighted by atomic mass is 9.90. The molecule has 0 radical (unpaired) electrons. The van der Waals surface area contributed by atoms with Gasteiger partial charge < -0.3 is 9.64 Å². The Hall–Kier alpha value is -3.07. The van der Waals surface area contributed by atoms with Crippen LogP contribution >= 0.6 is 0 Å². The fourth-order valence-corrected chi connectivity index (χ4v) is 4.81. The number of hydrogen-bond donors (Lipinski definition) is 0. The van der Waals surface area contributed by atoms with Crippen molar-refractivity contribution < 1.29 is 9.53 Å². The van der Waals surface area contributed by atoms with Crippen molar-refractivity contribution in [3.63, 3.8) is 0 Å². The molecule has 0 atom stereocenters. The smallest absolute Gasteiger partial charge is 0.409 e. The topological polar surface area (TPSA) is 29.5 Å². The molecule has 0 aromatic heterocycles. The van der Waals surface area contributed by atoms with Crippen LogP contribution in [0.5, 0.6) is 0 Å². The van der Waals surface area contributed by atoms with Crippen LogP contribution < -0.4 is 0 Å². The van der Waals surface area contributed by atoms with Crippen molar-refractivity contribution in [2.24, 2.45) is 0 Å². The predicted molar refractivity (Wildman–Crippen MR) is 115 cm³/mol. The second kappa shape index (κ2) is 7.75. The molecule has 29 heavy (non-hydrogen) atoms. The third kappa shape index (κ3) is 3.42. The average molecular weight is 383 g/mol. The van der Waals surface area contributed by atoms with Gasteiger partial charge in [-0.2, -0.15) is 0 Å². The van der Waals surface area contributed by atoms with E-state index in [1.807, 2.05) is 4.90 Å². The summed E-state index contributed by atoms with van der Waals surface area (Å²) in [6.45, 7) is 1.91. The summed E-state index contributed by atoms with van der Waals surface area (Å²) < 4.78 is 5.81. The molecule has 1 heterocycles. The Balaban J connectivity index is 1.23. The lowest BCUT2D eigenvalue weighted by Gasteiger charge is -2.31. The maximum atomic E-state index is 12.7. The van der Waals surface area contributed by atoms with Crippen molar-refractivity contribution in [1.82, 2.24) is 4.90 Å². The summed E-state index contributed by atoms with van der Waals surface area (Å²) >= 11 is 0. The van der Waals surface area contributed by atoms with E-state index >= 15 is 0 Å². The first-order valence-corrected chi connectivity index (χ1v) is 10.5. The number of ether oxygens (including phenoxy) is 1. The number of fused-ring (bicyclic) bond motifs is 3. The number of hydrogen-bond acceptors (Lipinski definition) is 2. The molecule has 1 aliphatic heterocycles. The van der Waals surface area contributed by atoms with Gasteiger partial charge in [0.05, 0.1) is 0 Å². The quantitative estimate of drug-likeness (QED) is 0.571. The molecular formula is C26H25NO2. The predicted octanol–water partition coefficient (Wildman–Crippen LogP) is 5.82. The van der Waals surface area contributed by atoms with Gasteiger partial charge in [0.25, 0.3) is 0 Å². The lowest BCUT2D eigenvalue weighted by molar-refractivity contribution is 0.0904. The molecule has 3 heteroatoms. The first kappa shape index (κ1) is 18.0. The fraction of sp³-hybridized carbons (Fsp3) is 0.269. The molecule has 1 saturated heterocycles. The van der Waals surface area contributed by atoms with Gasteiger partial charge >= 0.3 is 6.09 Å². The number of piperidine rings is 1. The fourth-order valence-electron chi connectivity index (χ4n) is 4.81. The highest BCUT2D eigenvalue weighted by Gasteiger charge is 2.30. The molecule has 3 nitrogen and oxygen atoms in total. The van der Waals surface area contributed by atoms with Crippen LogP contribution in [0.25, 0.3) is 11.1 Å². The van der Waals surface area contributed by atoms with Crippen molar-refractivity contribution in [3.8, 4) is 11.1 Å². The molecule has 1 amide bonds. The Morgan fingerprint density at radius 2 is 1.34 bits per heavy atom. The summed E-state index contributed by atoms with van der Waals surface area (Å²) in [5.74, 6) is 0.655. The minimum absolute atomic E-state index is 0.119. The average Bonchev–Trinajstić information content (AvgIpc) is 3.12. The molecule has 5 rings (SSSR count). The minimum Gasteiger partial charge on any atom is -0.448 e. The molecule has 0 spiro atoms. The van der Waals surface area contributed by atoms with Crippen molar-refractivity contribution in [2.75, 3.05) is 19.7 Å². The molecule has 146 valence electrons. The van der Waals surface area contributed by atoms with Gasteiger partial charge in [-0.1, -0.05) is 78.9 Å². The van der Waals surface area contributed by atoms with Gasteiger partial charge in [-0.05, 0) is 46.6 Å². The lowest BCUT2D eigenvalue weighted by Crippen LogP contribution is -2.38. The Morgan fingerprint density at radius 1 is 0.793 bits per heavy atom. The number of nitrogens with zero attached hydrogens (tertiary/aromatic N) is 1. The summed E-state index contributed by atoms with van der Waals surface area (Å²) in [5, 5.41) is 0. The molecule has 0 N–H and O–H groups in total. The summed E-state index contributed by atoms with van der Waals surface area (Å²) in [6.07, 6.45) is 1.81. The van der Waals surface area contributed by atoms with Crippen LogP contribution in [-0.4, -0.2) is 30.7 Å². The number of likely N-dealkylation sites (tertiary alicyclic amines) is 1. The van der Waals surface area contributed by atoms with Crippen LogP contribution in [0.15, 0.2) is 78.9 Å². The summed E-state index contributed by atoms with van der Waals surface area (Å²) in [5.41, 5.74) is 6.40. The van der Waals surface area contributed by atoms with Crippen LogP contribution in [0.3, 0.4) is 0 Å². The molecule has 0 bridgehead atoms. The Kier molecular flexibility index (Phi) is 4.81. The SMILES string of the molecule is O=C(OCC1c2ccccc2-c2ccccc21)N1CCC(c2ccccc2)CC1. The van der Waals surface area contributed by atoms with E-state index in [2.05, 4.69) is 78.9 Å². The van der Waals surface area contributed by atoms with E-state index in [-0.39, 0.29) is 12.0 Å². The van der Waals surface area contributed by atoms with Crippen LogP contribution in [0, 0.1) is 0 Å². The second-order valence-corrected chi connectivity index (χ2v) is 7.98. The molecule has 3 aromatic carbocycles. The first-order chi connectivity index (χ1) is 14.3. The highest BCUT2D eigenvalue weighted by Crippen LogP contribution is 2.44.